The number of anilines is 1. The van der Waals surface area contributed by atoms with Crippen molar-refractivity contribution in [3.63, 3.8) is 0 Å². The molecule has 4 nitrogen and oxygen atoms in total. The maximum Gasteiger partial charge on any atom is 0.278 e. The molecule has 0 radical (unpaired) electrons. The lowest BCUT2D eigenvalue weighted by Crippen LogP contribution is -2.31. The van der Waals surface area contributed by atoms with Crippen LogP contribution < -0.4 is 4.90 Å². The van der Waals surface area contributed by atoms with Crippen LogP contribution in [0.3, 0.4) is 0 Å². The lowest BCUT2D eigenvalue weighted by atomic mass is 10.1. The minimum Gasteiger partial charge on any atom is -0.302 e. The largest absolute Gasteiger partial charge is 0.302 e. The molecule has 34 heavy (non-hydrogen) atoms. The van der Waals surface area contributed by atoms with E-state index in [1.807, 2.05) is 61.5 Å². The summed E-state index contributed by atoms with van der Waals surface area (Å²) in [5.74, 6) is -0.760. The van der Waals surface area contributed by atoms with Crippen molar-refractivity contribution in [2.75, 3.05) is 4.90 Å². The van der Waals surface area contributed by atoms with Gasteiger partial charge in [0.25, 0.3) is 5.91 Å². The third-order valence-corrected chi connectivity index (χ3v) is 6.99. The second-order valence-corrected chi connectivity index (χ2v) is 9.42. The summed E-state index contributed by atoms with van der Waals surface area (Å²) in [5, 5.41) is 0.722. The fraction of sp³-hybridized carbons (Fsp3) is 0.0741. The van der Waals surface area contributed by atoms with E-state index in [1.165, 1.54) is 23.2 Å². The van der Waals surface area contributed by atoms with Gasteiger partial charge in [-0.15, -0.1) is 11.3 Å². The predicted octanol–water partition coefficient (Wildman–Crippen LogP) is 7.31. The van der Waals surface area contributed by atoms with Gasteiger partial charge in [0, 0.05) is 20.5 Å². The van der Waals surface area contributed by atoms with Crippen LogP contribution in [0.15, 0.2) is 85.1 Å². The van der Waals surface area contributed by atoms with Crippen LogP contribution in [-0.2, 0) is 6.54 Å². The third-order valence-electron chi connectivity index (χ3n) is 5.45. The zero-order valence-electron chi connectivity index (χ0n) is 18.2. The van der Waals surface area contributed by atoms with E-state index in [0.29, 0.717) is 16.7 Å². The number of para-hydroxylation sites is 2. The van der Waals surface area contributed by atoms with E-state index in [2.05, 4.69) is 9.97 Å². The number of amides is 1. The van der Waals surface area contributed by atoms with E-state index in [0.717, 1.165) is 25.9 Å². The first-order valence-corrected chi connectivity index (χ1v) is 11.8. The van der Waals surface area contributed by atoms with Gasteiger partial charge in [0.2, 0.25) is 0 Å². The lowest BCUT2D eigenvalue weighted by Gasteiger charge is -2.22. The Morgan fingerprint density at radius 2 is 1.82 bits per heavy atom. The predicted molar refractivity (Wildman–Crippen MR) is 136 cm³/mol. The number of aryl methyl sites for hydroxylation is 1. The average Bonchev–Trinajstić information content (AvgIpc) is 3.32. The van der Waals surface area contributed by atoms with Crippen molar-refractivity contribution in [1.29, 1.82) is 0 Å². The molecule has 0 unspecified atom stereocenters. The Balaban J connectivity index is 1.50. The van der Waals surface area contributed by atoms with Gasteiger partial charge in [0.15, 0.2) is 0 Å². The Morgan fingerprint density at radius 1 is 1.00 bits per heavy atom. The van der Waals surface area contributed by atoms with Gasteiger partial charge in [-0.25, -0.2) is 9.37 Å². The van der Waals surface area contributed by atoms with Gasteiger partial charge in [0.05, 0.1) is 23.8 Å². The van der Waals surface area contributed by atoms with Crippen LogP contribution in [-0.4, -0.2) is 15.9 Å². The number of nitrogens with zero attached hydrogens (tertiary/aromatic N) is 3. The highest BCUT2D eigenvalue weighted by atomic mass is 35.5. The van der Waals surface area contributed by atoms with E-state index < -0.39 is 5.82 Å². The fourth-order valence-electron chi connectivity index (χ4n) is 3.69. The molecule has 0 fully saturated rings. The summed E-state index contributed by atoms with van der Waals surface area (Å²) in [6.07, 6.45) is 1.47. The number of aromatic nitrogens is 2. The maximum atomic E-state index is 14.1. The highest BCUT2D eigenvalue weighted by Gasteiger charge is 2.22. The van der Waals surface area contributed by atoms with Crippen LogP contribution in [0.5, 0.6) is 0 Å². The van der Waals surface area contributed by atoms with Crippen molar-refractivity contribution >= 4 is 45.6 Å². The first kappa shape index (κ1) is 22.2. The molecule has 0 N–H and O–H groups in total. The van der Waals surface area contributed by atoms with Crippen LogP contribution >= 0.6 is 22.9 Å². The Hall–Kier alpha value is -3.61. The summed E-state index contributed by atoms with van der Waals surface area (Å²) >= 11 is 7.75. The first-order valence-electron chi connectivity index (χ1n) is 10.6. The second kappa shape index (κ2) is 9.33. The lowest BCUT2D eigenvalue weighted by molar-refractivity contribution is 0.0980. The second-order valence-electron chi connectivity index (χ2n) is 7.85. The molecule has 5 aromatic rings. The van der Waals surface area contributed by atoms with Crippen LogP contribution in [0.2, 0.25) is 5.02 Å². The molecule has 0 saturated heterocycles. The topological polar surface area (TPSA) is 46.1 Å². The van der Waals surface area contributed by atoms with Crippen molar-refractivity contribution in [1.82, 2.24) is 9.97 Å². The Kier molecular flexibility index (Phi) is 6.09. The van der Waals surface area contributed by atoms with Crippen LogP contribution in [0.1, 0.15) is 20.9 Å². The van der Waals surface area contributed by atoms with Crippen molar-refractivity contribution < 1.29 is 9.18 Å². The van der Waals surface area contributed by atoms with Gasteiger partial charge < -0.3 is 4.90 Å². The highest BCUT2D eigenvalue weighted by molar-refractivity contribution is 7.15. The Morgan fingerprint density at radius 3 is 2.62 bits per heavy atom. The number of carbonyl (C=O) groups is 1. The highest BCUT2D eigenvalue weighted by Crippen LogP contribution is 2.32. The van der Waals surface area contributed by atoms with E-state index in [4.69, 9.17) is 11.6 Å². The number of carbonyl (C=O) groups excluding carboxylic acids is 1. The third kappa shape index (κ3) is 4.55. The summed E-state index contributed by atoms with van der Waals surface area (Å²) < 4.78 is 14.1. The zero-order valence-corrected chi connectivity index (χ0v) is 19.8. The van der Waals surface area contributed by atoms with Crippen molar-refractivity contribution in [2.24, 2.45) is 0 Å². The number of thiophene rings is 1. The number of fused-ring (bicyclic) bond motifs is 1. The molecule has 3 aromatic carbocycles. The molecular weight excluding hydrogens is 469 g/mol. The maximum absolute atomic E-state index is 14.1. The van der Waals surface area contributed by atoms with E-state index in [-0.39, 0.29) is 18.1 Å². The minimum atomic E-state index is -0.414. The van der Waals surface area contributed by atoms with Gasteiger partial charge in [0.1, 0.15) is 11.5 Å². The quantitative estimate of drug-likeness (QED) is 0.261. The van der Waals surface area contributed by atoms with Gasteiger partial charge in [-0.3, -0.25) is 9.78 Å². The number of hydrogen-bond acceptors (Lipinski definition) is 4. The smallest absolute Gasteiger partial charge is 0.278 e. The normalized spacial score (nSPS) is 11.0. The van der Waals surface area contributed by atoms with Gasteiger partial charge in [-0.05, 0) is 72.6 Å². The number of rotatable bonds is 5. The standard InChI is InChI=1S/C27H19ClFN3OS/c1-17-13-18(9-11-22(17)28)26-12-10-21(34-26)16-32(20-6-4-5-19(29)14-20)27(33)25-15-30-23-7-2-3-8-24(23)31-25/h2-15H,16H2,1H3. The number of benzene rings is 3. The van der Waals surface area contributed by atoms with E-state index >= 15 is 0 Å². The zero-order chi connectivity index (χ0) is 23.7. The summed E-state index contributed by atoms with van der Waals surface area (Å²) in [5.41, 5.74) is 4.05. The Bertz CT molecular complexity index is 1520. The molecular formula is C27H19ClFN3OS. The first-order chi connectivity index (χ1) is 16.5. The summed E-state index contributed by atoms with van der Waals surface area (Å²) in [6.45, 7) is 2.24. The molecule has 0 spiro atoms. The molecule has 2 aromatic heterocycles. The molecule has 0 bridgehead atoms. The van der Waals surface area contributed by atoms with Gasteiger partial charge in [-0.2, -0.15) is 0 Å². The molecule has 7 heteroatoms. The van der Waals surface area contributed by atoms with Crippen LogP contribution in [0.4, 0.5) is 10.1 Å². The number of halogens is 2. The molecule has 0 aliphatic rings. The fourth-order valence-corrected chi connectivity index (χ4v) is 4.81. The van der Waals surface area contributed by atoms with Gasteiger partial charge >= 0.3 is 0 Å². The van der Waals surface area contributed by atoms with Crippen LogP contribution in [0.25, 0.3) is 21.5 Å². The summed E-state index contributed by atoms with van der Waals surface area (Å²) in [6, 6.07) is 23.3. The van der Waals surface area contributed by atoms with Gasteiger partial charge in [-0.1, -0.05) is 35.9 Å². The summed E-state index contributed by atoms with van der Waals surface area (Å²) in [4.78, 5) is 26.0. The van der Waals surface area contributed by atoms with Crippen molar-refractivity contribution in [3.05, 3.63) is 112 Å². The van der Waals surface area contributed by atoms with Crippen molar-refractivity contribution in [3.8, 4) is 10.4 Å². The molecule has 2 heterocycles. The SMILES string of the molecule is Cc1cc(-c2ccc(CN(C(=O)c3cnc4ccccc4n3)c3cccc(F)c3)s2)ccc1Cl. The molecule has 0 aliphatic carbocycles. The monoisotopic (exact) mass is 487 g/mol. The molecule has 1 amide bonds. The molecule has 168 valence electrons. The Labute approximate surface area is 205 Å². The molecule has 0 saturated carbocycles. The van der Waals surface area contributed by atoms with Crippen molar-refractivity contribution in [2.45, 2.75) is 13.5 Å². The molecule has 5 rings (SSSR count). The summed E-state index contributed by atoms with van der Waals surface area (Å²) in [7, 11) is 0. The minimum absolute atomic E-state index is 0.202. The van der Waals surface area contributed by atoms with E-state index in [9.17, 15) is 9.18 Å². The van der Waals surface area contributed by atoms with Crippen LogP contribution in [0, 0.1) is 12.7 Å². The average molecular weight is 488 g/mol. The molecule has 0 aliphatic heterocycles. The van der Waals surface area contributed by atoms with E-state index in [1.54, 1.807) is 23.5 Å². The number of hydrogen-bond donors (Lipinski definition) is 0. The molecule has 0 atom stereocenters.